The molecule has 2 amide bonds. The molecule has 0 atom stereocenters. The molecular formula is C32H35N6O4. The average Bonchev–Trinajstić information content (AvgIpc) is 3.42. The highest BCUT2D eigenvalue weighted by Gasteiger charge is 2.26. The van der Waals surface area contributed by atoms with Gasteiger partial charge in [-0.05, 0) is 79.4 Å². The Labute approximate surface area is 245 Å². The molecular weight excluding hydrogens is 532 g/mol. The summed E-state index contributed by atoms with van der Waals surface area (Å²) in [6.07, 6.45) is 0. The number of aryl methyl sites for hydroxylation is 1. The van der Waals surface area contributed by atoms with Crippen LogP contribution in [-0.4, -0.2) is 74.4 Å². The predicted molar refractivity (Wildman–Crippen MR) is 160 cm³/mol. The number of phenols is 2. The van der Waals surface area contributed by atoms with Crippen molar-refractivity contribution in [3.05, 3.63) is 83.2 Å². The first-order chi connectivity index (χ1) is 20.2. The van der Waals surface area contributed by atoms with Crippen molar-refractivity contribution in [3.8, 4) is 28.6 Å². The first-order valence-corrected chi connectivity index (χ1v) is 14.1. The number of aromatic nitrogens is 3. The number of carbonyl (C=O) groups excluding carboxylic acids is 2. The highest BCUT2D eigenvalue weighted by molar-refractivity contribution is 5.95. The minimum Gasteiger partial charge on any atom is -0.508 e. The largest absolute Gasteiger partial charge is 0.508 e. The molecule has 0 bridgehead atoms. The van der Waals surface area contributed by atoms with Gasteiger partial charge in [0.15, 0.2) is 5.82 Å². The molecule has 217 valence electrons. The molecule has 0 saturated carbocycles. The first-order valence-electron chi connectivity index (χ1n) is 14.1. The van der Waals surface area contributed by atoms with E-state index in [1.165, 1.54) is 6.07 Å². The molecule has 10 heteroatoms. The van der Waals surface area contributed by atoms with Crippen molar-refractivity contribution in [1.82, 2.24) is 25.0 Å². The second-order valence-corrected chi connectivity index (χ2v) is 10.7. The van der Waals surface area contributed by atoms with Crippen molar-refractivity contribution in [2.24, 2.45) is 0 Å². The third kappa shape index (κ3) is 5.65. The number of piperazine rings is 1. The predicted octanol–water partition coefficient (Wildman–Crippen LogP) is 4.29. The molecule has 3 N–H and O–H groups in total. The van der Waals surface area contributed by atoms with E-state index < -0.39 is 5.91 Å². The molecule has 42 heavy (non-hydrogen) atoms. The van der Waals surface area contributed by atoms with Crippen LogP contribution in [0.5, 0.6) is 11.5 Å². The molecule has 1 radical (unpaired) electrons. The fourth-order valence-corrected chi connectivity index (χ4v) is 5.20. The van der Waals surface area contributed by atoms with Gasteiger partial charge in [-0.2, -0.15) is 0 Å². The fourth-order valence-electron chi connectivity index (χ4n) is 5.20. The molecule has 0 spiro atoms. The van der Waals surface area contributed by atoms with E-state index in [2.05, 4.69) is 32.5 Å². The van der Waals surface area contributed by atoms with E-state index in [1.807, 2.05) is 37.8 Å². The monoisotopic (exact) mass is 567 g/mol. The number of hydrogen-bond donors (Lipinski definition) is 3. The number of aromatic hydroxyl groups is 2. The number of anilines is 1. The summed E-state index contributed by atoms with van der Waals surface area (Å²) in [5.74, 6) is -0.460. The van der Waals surface area contributed by atoms with Crippen LogP contribution >= 0.6 is 0 Å². The molecule has 2 heterocycles. The maximum Gasteiger partial charge on any atom is 0.289 e. The van der Waals surface area contributed by atoms with Crippen LogP contribution in [0.3, 0.4) is 0 Å². The third-order valence-corrected chi connectivity index (χ3v) is 7.45. The van der Waals surface area contributed by atoms with Gasteiger partial charge < -0.3 is 25.3 Å². The van der Waals surface area contributed by atoms with Crippen LogP contribution in [0.1, 0.15) is 58.8 Å². The summed E-state index contributed by atoms with van der Waals surface area (Å²) in [5, 5.41) is 32.2. The zero-order valence-corrected chi connectivity index (χ0v) is 24.3. The van der Waals surface area contributed by atoms with Gasteiger partial charge in [0.1, 0.15) is 11.5 Å². The van der Waals surface area contributed by atoms with Gasteiger partial charge in [-0.25, -0.2) is 0 Å². The van der Waals surface area contributed by atoms with Crippen molar-refractivity contribution in [3.63, 3.8) is 0 Å². The van der Waals surface area contributed by atoms with Crippen molar-refractivity contribution in [1.29, 1.82) is 0 Å². The Morgan fingerprint density at radius 1 is 0.952 bits per heavy atom. The lowest BCUT2D eigenvalue weighted by Crippen LogP contribution is -2.48. The Balaban J connectivity index is 1.43. The van der Waals surface area contributed by atoms with Crippen molar-refractivity contribution in [2.45, 2.75) is 33.6 Å². The topological polar surface area (TPSA) is 124 Å². The molecule has 1 aliphatic rings. The normalized spacial score (nSPS) is 13.5. The average molecular weight is 568 g/mol. The van der Waals surface area contributed by atoms with Gasteiger partial charge in [0.25, 0.3) is 11.8 Å². The van der Waals surface area contributed by atoms with Gasteiger partial charge in [0.05, 0.1) is 5.56 Å². The molecule has 4 aromatic rings. The van der Waals surface area contributed by atoms with E-state index in [0.29, 0.717) is 42.0 Å². The van der Waals surface area contributed by atoms with Gasteiger partial charge in [-0.3, -0.25) is 14.2 Å². The Morgan fingerprint density at radius 2 is 1.67 bits per heavy atom. The summed E-state index contributed by atoms with van der Waals surface area (Å²) < 4.78 is 1.55. The minimum absolute atomic E-state index is 0.0222. The third-order valence-electron chi connectivity index (χ3n) is 7.45. The van der Waals surface area contributed by atoms with Crippen molar-refractivity contribution < 1.29 is 19.8 Å². The quantitative estimate of drug-likeness (QED) is 0.304. The van der Waals surface area contributed by atoms with Gasteiger partial charge in [0, 0.05) is 55.7 Å². The van der Waals surface area contributed by atoms with E-state index in [1.54, 1.807) is 41.8 Å². The van der Waals surface area contributed by atoms with Crippen molar-refractivity contribution >= 4 is 17.5 Å². The summed E-state index contributed by atoms with van der Waals surface area (Å²) >= 11 is 0. The Morgan fingerprint density at radius 3 is 2.31 bits per heavy atom. The zero-order chi connectivity index (χ0) is 30.0. The van der Waals surface area contributed by atoms with E-state index in [4.69, 9.17) is 0 Å². The number of nitrogens with one attached hydrogen (secondary N) is 1. The van der Waals surface area contributed by atoms with Crippen LogP contribution in [0.25, 0.3) is 17.1 Å². The number of benzene rings is 3. The Kier molecular flexibility index (Phi) is 8.15. The molecule has 1 aliphatic heterocycles. The van der Waals surface area contributed by atoms with Gasteiger partial charge >= 0.3 is 0 Å². The highest BCUT2D eigenvalue weighted by atomic mass is 16.3. The number of amides is 2. The summed E-state index contributed by atoms with van der Waals surface area (Å²) in [6, 6.07) is 19.1. The van der Waals surface area contributed by atoms with Crippen molar-refractivity contribution in [2.75, 3.05) is 37.6 Å². The van der Waals surface area contributed by atoms with Crippen LogP contribution < -0.4 is 10.2 Å². The lowest BCUT2D eigenvalue weighted by Gasteiger charge is -2.36. The summed E-state index contributed by atoms with van der Waals surface area (Å²) in [7, 11) is 0. The summed E-state index contributed by atoms with van der Waals surface area (Å²) in [4.78, 5) is 30.4. The zero-order valence-electron chi connectivity index (χ0n) is 24.3. The second kappa shape index (κ2) is 11.9. The Hall–Kier alpha value is -4.86. The van der Waals surface area contributed by atoms with Gasteiger partial charge in [-0.1, -0.05) is 19.9 Å². The molecule has 10 nitrogen and oxygen atoms in total. The maximum absolute atomic E-state index is 13.4. The number of hydrogen-bond acceptors (Lipinski definition) is 7. The SMILES string of the molecule is CCNC(=O)c1nnc(-c2cc(C(C)C)c(O)cc2O)n1-c1ccc(C(=O)N2CCN(c3cc[c]c(C)c3)CC2)cc1. The lowest BCUT2D eigenvalue weighted by molar-refractivity contribution is 0.0746. The molecule has 1 saturated heterocycles. The van der Waals surface area contributed by atoms with Crippen LogP contribution in [0.15, 0.2) is 54.6 Å². The van der Waals surface area contributed by atoms with E-state index in [0.717, 1.165) is 24.3 Å². The molecule has 1 fully saturated rings. The Bertz CT molecular complexity index is 1600. The standard InChI is InChI=1S/C32H35N6O4/c1-5-33-31(41)30-35-34-29(26-18-25(20(2)3)27(39)19-28(26)40)38(30)23-11-9-22(10-12-23)32(42)37-15-13-36(14-16-37)24-8-6-7-21(4)17-24/h6,8-12,17-20,39-40H,5,13-16H2,1-4H3,(H,33,41). The number of rotatable bonds is 7. The van der Waals surface area contributed by atoms with E-state index in [-0.39, 0.29) is 35.0 Å². The number of nitrogens with zero attached hydrogens (tertiary/aromatic N) is 5. The van der Waals surface area contributed by atoms with E-state index >= 15 is 0 Å². The van der Waals surface area contributed by atoms with Crippen LogP contribution in [0, 0.1) is 13.0 Å². The van der Waals surface area contributed by atoms with Gasteiger partial charge in [-0.15, -0.1) is 10.2 Å². The smallest absolute Gasteiger partial charge is 0.289 e. The maximum atomic E-state index is 13.4. The van der Waals surface area contributed by atoms with E-state index in [9.17, 15) is 19.8 Å². The minimum atomic E-state index is -0.428. The molecule has 5 rings (SSSR count). The first kappa shape index (κ1) is 28.7. The second-order valence-electron chi connectivity index (χ2n) is 10.7. The molecule has 0 unspecified atom stereocenters. The highest BCUT2D eigenvalue weighted by Crippen LogP contribution is 2.38. The van der Waals surface area contributed by atoms with Crippen LogP contribution in [0.2, 0.25) is 0 Å². The summed E-state index contributed by atoms with van der Waals surface area (Å²) in [6.45, 7) is 10.8. The molecule has 0 aliphatic carbocycles. The molecule has 3 aromatic carbocycles. The number of carbonyl (C=O) groups is 2. The van der Waals surface area contributed by atoms with Crippen LogP contribution in [-0.2, 0) is 0 Å². The fraction of sp³-hybridized carbons (Fsp3) is 0.312. The number of phenolic OH excluding ortho intramolecular Hbond substituents is 2. The van der Waals surface area contributed by atoms with Crippen LogP contribution in [0.4, 0.5) is 5.69 Å². The molecule has 1 aromatic heterocycles. The lowest BCUT2D eigenvalue weighted by atomic mass is 9.98. The van der Waals surface area contributed by atoms with Gasteiger partial charge in [0.2, 0.25) is 5.82 Å². The summed E-state index contributed by atoms with van der Waals surface area (Å²) in [5.41, 5.74) is 4.24.